The first-order chi connectivity index (χ1) is 11.4. The maximum Gasteiger partial charge on any atom is 0.416 e. The number of ether oxygens (including phenoxy) is 2. The maximum atomic E-state index is 12.7. The predicted molar refractivity (Wildman–Crippen MR) is 80.1 cm³/mol. The highest BCUT2D eigenvalue weighted by atomic mass is 19.4. The number of carbonyl (C=O) groups excluding carboxylic acids is 1. The first-order valence-electron chi connectivity index (χ1n) is 7.27. The number of benzene rings is 2. The molecule has 1 amide bonds. The summed E-state index contributed by atoms with van der Waals surface area (Å²) in [5.74, 6) is 0.601. The molecule has 0 radical (unpaired) electrons. The van der Waals surface area contributed by atoms with Crippen molar-refractivity contribution in [3.8, 4) is 11.5 Å². The molecule has 4 nitrogen and oxygen atoms in total. The molecule has 7 heteroatoms. The number of hydrogen-bond acceptors (Lipinski definition) is 3. The van der Waals surface area contributed by atoms with Gasteiger partial charge in [-0.15, -0.1) is 0 Å². The smallest absolute Gasteiger partial charge is 0.416 e. The van der Waals surface area contributed by atoms with Crippen LogP contribution in [0.2, 0.25) is 0 Å². The van der Waals surface area contributed by atoms with Crippen molar-refractivity contribution in [3.63, 3.8) is 0 Å². The number of para-hydroxylation sites is 2. The molecule has 3 rings (SSSR count). The van der Waals surface area contributed by atoms with E-state index in [4.69, 9.17) is 9.47 Å². The third kappa shape index (κ3) is 3.61. The topological polar surface area (TPSA) is 47.6 Å². The normalized spacial score (nSPS) is 16.5. The van der Waals surface area contributed by atoms with Crippen LogP contribution in [-0.4, -0.2) is 25.2 Å². The lowest BCUT2D eigenvalue weighted by Crippen LogP contribution is -2.40. The summed E-state index contributed by atoms with van der Waals surface area (Å²) in [6.07, 6.45) is -4.89. The molecule has 126 valence electrons. The van der Waals surface area contributed by atoms with Crippen molar-refractivity contribution in [3.05, 3.63) is 59.7 Å². The summed E-state index contributed by atoms with van der Waals surface area (Å²) in [4.78, 5) is 12.0. The maximum absolute atomic E-state index is 12.7. The Bertz CT molecular complexity index is 746. The number of fused-ring (bicyclic) bond motifs is 1. The van der Waals surface area contributed by atoms with E-state index in [1.807, 2.05) is 6.07 Å². The van der Waals surface area contributed by atoms with Gasteiger partial charge in [-0.2, -0.15) is 13.2 Å². The Hall–Kier alpha value is -2.70. The number of carbonyl (C=O) groups is 1. The SMILES string of the molecule is O=C(NC[C@H]1COc2ccccc2O1)c1cccc(C(F)(F)F)c1. The highest BCUT2D eigenvalue weighted by Crippen LogP contribution is 2.31. The van der Waals surface area contributed by atoms with E-state index in [0.717, 1.165) is 12.1 Å². The van der Waals surface area contributed by atoms with Gasteiger partial charge in [-0.05, 0) is 30.3 Å². The fourth-order valence-electron chi connectivity index (χ4n) is 2.31. The molecule has 24 heavy (non-hydrogen) atoms. The summed E-state index contributed by atoms with van der Waals surface area (Å²) in [6, 6.07) is 11.4. The van der Waals surface area contributed by atoms with Crippen molar-refractivity contribution in [2.75, 3.05) is 13.2 Å². The third-order valence-electron chi connectivity index (χ3n) is 3.51. The van der Waals surface area contributed by atoms with Gasteiger partial charge in [0.25, 0.3) is 5.91 Å². The van der Waals surface area contributed by atoms with Crippen LogP contribution in [0.25, 0.3) is 0 Å². The molecule has 0 fully saturated rings. The van der Waals surface area contributed by atoms with E-state index in [1.54, 1.807) is 18.2 Å². The molecule has 1 heterocycles. The number of rotatable bonds is 3. The lowest BCUT2D eigenvalue weighted by atomic mass is 10.1. The Labute approximate surface area is 136 Å². The molecule has 1 atom stereocenters. The van der Waals surface area contributed by atoms with Gasteiger partial charge in [0, 0.05) is 5.56 Å². The molecule has 0 aliphatic carbocycles. The van der Waals surface area contributed by atoms with E-state index < -0.39 is 23.8 Å². The predicted octanol–water partition coefficient (Wildman–Crippen LogP) is 3.28. The lowest BCUT2D eigenvalue weighted by molar-refractivity contribution is -0.137. The lowest BCUT2D eigenvalue weighted by Gasteiger charge is -2.26. The zero-order chi connectivity index (χ0) is 17.2. The van der Waals surface area contributed by atoms with Crippen molar-refractivity contribution in [1.29, 1.82) is 0 Å². The summed E-state index contributed by atoms with van der Waals surface area (Å²) in [5, 5.41) is 2.57. The standard InChI is InChI=1S/C17H14F3NO3/c18-17(19,20)12-5-3-4-11(8-12)16(22)21-9-13-10-23-14-6-1-2-7-15(14)24-13/h1-8,13H,9-10H2,(H,21,22)/t13-/m0/s1. The first kappa shape index (κ1) is 16.2. The van der Waals surface area contributed by atoms with Crippen LogP contribution in [0, 0.1) is 0 Å². The van der Waals surface area contributed by atoms with Gasteiger partial charge < -0.3 is 14.8 Å². The average molecular weight is 337 g/mol. The Kier molecular flexibility index (Phi) is 4.33. The summed E-state index contributed by atoms with van der Waals surface area (Å²) in [5.41, 5.74) is -0.914. The number of hydrogen-bond donors (Lipinski definition) is 1. The fraction of sp³-hybridized carbons (Fsp3) is 0.235. The minimum Gasteiger partial charge on any atom is -0.486 e. The molecular formula is C17H14F3NO3. The first-order valence-corrected chi connectivity index (χ1v) is 7.27. The summed E-state index contributed by atoms with van der Waals surface area (Å²) < 4.78 is 49.2. The van der Waals surface area contributed by atoms with Crippen LogP contribution in [0.5, 0.6) is 11.5 Å². The Balaban J connectivity index is 1.61. The molecule has 0 unspecified atom stereocenters. The Morgan fingerprint density at radius 2 is 1.88 bits per heavy atom. The van der Waals surface area contributed by atoms with Crippen molar-refractivity contribution in [1.82, 2.24) is 5.32 Å². The number of nitrogens with one attached hydrogen (secondary N) is 1. The van der Waals surface area contributed by atoms with Gasteiger partial charge in [-0.25, -0.2) is 0 Å². The average Bonchev–Trinajstić information content (AvgIpc) is 2.59. The van der Waals surface area contributed by atoms with Gasteiger partial charge in [0.1, 0.15) is 12.7 Å². The minimum absolute atomic E-state index is 0.0537. The number of amides is 1. The monoisotopic (exact) mass is 337 g/mol. The molecule has 0 spiro atoms. The molecular weight excluding hydrogens is 323 g/mol. The van der Waals surface area contributed by atoms with Crippen molar-refractivity contribution in [2.24, 2.45) is 0 Å². The van der Waals surface area contributed by atoms with Crippen LogP contribution in [0.3, 0.4) is 0 Å². The number of alkyl halides is 3. The van der Waals surface area contributed by atoms with E-state index in [0.29, 0.717) is 11.5 Å². The van der Waals surface area contributed by atoms with E-state index in [1.165, 1.54) is 12.1 Å². The Morgan fingerprint density at radius 3 is 2.62 bits per heavy atom. The molecule has 0 saturated heterocycles. The molecule has 0 bridgehead atoms. The molecule has 0 saturated carbocycles. The third-order valence-corrected chi connectivity index (χ3v) is 3.51. The van der Waals surface area contributed by atoms with Crippen molar-refractivity contribution in [2.45, 2.75) is 12.3 Å². The van der Waals surface area contributed by atoms with Gasteiger partial charge in [0.05, 0.1) is 12.1 Å². The highest BCUT2D eigenvalue weighted by Gasteiger charge is 2.31. The van der Waals surface area contributed by atoms with Crippen LogP contribution in [0.15, 0.2) is 48.5 Å². The largest absolute Gasteiger partial charge is 0.486 e. The second-order valence-corrected chi connectivity index (χ2v) is 5.29. The van der Waals surface area contributed by atoms with Crippen LogP contribution < -0.4 is 14.8 Å². The molecule has 2 aromatic rings. The van der Waals surface area contributed by atoms with Crippen LogP contribution >= 0.6 is 0 Å². The second-order valence-electron chi connectivity index (χ2n) is 5.29. The van der Waals surface area contributed by atoms with Gasteiger partial charge in [-0.3, -0.25) is 4.79 Å². The van der Waals surface area contributed by atoms with E-state index in [9.17, 15) is 18.0 Å². The zero-order valence-corrected chi connectivity index (χ0v) is 12.5. The molecule has 2 aromatic carbocycles. The molecule has 1 aliphatic heterocycles. The summed E-state index contributed by atoms with van der Waals surface area (Å²) in [6.45, 7) is 0.378. The van der Waals surface area contributed by atoms with Crippen molar-refractivity contribution >= 4 is 5.91 Å². The van der Waals surface area contributed by atoms with Crippen LogP contribution in [-0.2, 0) is 6.18 Å². The van der Waals surface area contributed by atoms with E-state index in [-0.39, 0.29) is 18.7 Å². The van der Waals surface area contributed by atoms with Gasteiger partial charge in [0.15, 0.2) is 11.5 Å². The summed E-state index contributed by atoms with van der Waals surface area (Å²) >= 11 is 0. The van der Waals surface area contributed by atoms with Gasteiger partial charge in [0.2, 0.25) is 0 Å². The van der Waals surface area contributed by atoms with E-state index >= 15 is 0 Å². The van der Waals surface area contributed by atoms with Crippen molar-refractivity contribution < 1.29 is 27.4 Å². The number of halogens is 3. The van der Waals surface area contributed by atoms with Gasteiger partial charge in [-0.1, -0.05) is 18.2 Å². The fourth-order valence-corrected chi connectivity index (χ4v) is 2.31. The quantitative estimate of drug-likeness (QED) is 0.935. The molecule has 1 N–H and O–H groups in total. The van der Waals surface area contributed by atoms with Crippen LogP contribution in [0.4, 0.5) is 13.2 Å². The Morgan fingerprint density at radius 1 is 1.12 bits per heavy atom. The second kappa shape index (κ2) is 6.43. The van der Waals surface area contributed by atoms with E-state index in [2.05, 4.69) is 5.32 Å². The molecule has 1 aliphatic rings. The summed E-state index contributed by atoms with van der Waals surface area (Å²) in [7, 11) is 0. The highest BCUT2D eigenvalue weighted by molar-refractivity contribution is 5.94. The minimum atomic E-state index is -4.49. The zero-order valence-electron chi connectivity index (χ0n) is 12.5. The molecule has 0 aromatic heterocycles. The van der Waals surface area contributed by atoms with Crippen LogP contribution in [0.1, 0.15) is 15.9 Å². The van der Waals surface area contributed by atoms with Gasteiger partial charge >= 0.3 is 6.18 Å².